The van der Waals surface area contributed by atoms with E-state index in [1.54, 1.807) is 11.8 Å². The fourth-order valence-corrected chi connectivity index (χ4v) is 5.45. The Hall–Kier alpha value is -2.31. The van der Waals surface area contributed by atoms with Crippen molar-refractivity contribution < 1.29 is 0 Å². The molecular formula is C24H24ClN5S. The molecule has 31 heavy (non-hydrogen) atoms. The summed E-state index contributed by atoms with van der Waals surface area (Å²) in [6.07, 6.45) is 4.98. The Kier molecular flexibility index (Phi) is 4.80. The molecule has 2 aromatic carbocycles. The van der Waals surface area contributed by atoms with Crippen LogP contribution in [0.5, 0.6) is 0 Å². The van der Waals surface area contributed by atoms with Gasteiger partial charge >= 0.3 is 0 Å². The van der Waals surface area contributed by atoms with Crippen molar-refractivity contribution in [1.82, 2.24) is 24.3 Å². The monoisotopic (exact) mass is 449 g/mol. The van der Waals surface area contributed by atoms with E-state index in [1.807, 2.05) is 12.1 Å². The van der Waals surface area contributed by atoms with Crippen molar-refractivity contribution in [3.05, 3.63) is 70.8 Å². The van der Waals surface area contributed by atoms with Gasteiger partial charge in [-0.1, -0.05) is 53.7 Å². The molecule has 2 heterocycles. The van der Waals surface area contributed by atoms with E-state index in [1.165, 1.54) is 37.1 Å². The molecule has 158 valence electrons. The minimum atomic E-state index is 0.142. The van der Waals surface area contributed by atoms with E-state index in [-0.39, 0.29) is 5.25 Å². The third-order valence-electron chi connectivity index (χ3n) is 6.11. The van der Waals surface area contributed by atoms with Gasteiger partial charge in [-0.05, 0) is 56.4 Å². The van der Waals surface area contributed by atoms with Gasteiger partial charge in [0.05, 0.1) is 16.3 Å². The second-order valence-electron chi connectivity index (χ2n) is 8.65. The number of imidazole rings is 1. The summed E-state index contributed by atoms with van der Waals surface area (Å²) in [5, 5.41) is 11.1. The lowest BCUT2D eigenvalue weighted by Gasteiger charge is -2.15. The molecule has 7 heteroatoms. The zero-order valence-electron chi connectivity index (χ0n) is 17.4. The molecule has 2 fully saturated rings. The molecule has 2 saturated carbocycles. The Labute approximate surface area is 190 Å². The van der Waals surface area contributed by atoms with Crippen LogP contribution >= 0.6 is 23.4 Å². The molecule has 0 spiro atoms. The number of hydrogen-bond acceptors (Lipinski definition) is 4. The molecule has 2 aliphatic carbocycles. The molecule has 4 aromatic rings. The van der Waals surface area contributed by atoms with Crippen LogP contribution in [0, 0.1) is 0 Å². The van der Waals surface area contributed by atoms with E-state index < -0.39 is 0 Å². The maximum atomic E-state index is 6.27. The highest BCUT2D eigenvalue weighted by Gasteiger charge is 2.37. The molecule has 0 saturated heterocycles. The number of hydrogen-bond donors (Lipinski definition) is 0. The second-order valence-corrected chi connectivity index (χ2v) is 10.4. The van der Waals surface area contributed by atoms with Gasteiger partial charge in [0.15, 0.2) is 5.16 Å². The van der Waals surface area contributed by atoms with Gasteiger partial charge in [0.25, 0.3) is 0 Å². The van der Waals surface area contributed by atoms with Gasteiger partial charge in [-0.25, -0.2) is 4.98 Å². The largest absolute Gasteiger partial charge is 0.323 e. The van der Waals surface area contributed by atoms with Crippen molar-refractivity contribution in [2.45, 2.75) is 61.5 Å². The molecular weight excluding hydrogens is 426 g/mol. The standard InChI is InChI=1S/C24H24ClN5S/c1-15(31-24-28-27-23(17-7-8-17)30(24)19-10-11-19)22-26-20-13-18(25)9-12-21(20)29(22)14-16-5-3-2-4-6-16/h2-6,9,12-13,15,17,19H,7-8,10-11,14H2,1H3. The van der Waals surface area contributed by atoms with E-state index >= 15 is 0 Å². The van der Waals surface area contributed by atoms with E-state index in [4.69, 9.17) is 16.6 Å². The third kappa shape index (κ3) is 3.76. The zero-order valence-corrected chi connectivity index (χ0v) is 19.0. The first-order valence-electron chi connectivity index (χ1n) is 11.0. The summed E-state index contributed by atoms with van der Waals surface area (Å²) in [5.74, 6) is 2.86. The van der Waals surface area contributed by atoms with Crippen molar-refractivity contribution in [1.29, 1.82) is 0 Å². The fourth-order valence-electron chi connectivity index (χ4n) is 4.24. The van der Waals surface area contributed by atoms with Crippen molar-refractivity contribution in [2.24, 2.45) is 0 Å². The van der Waals surface area contributed by atoms with Crippen molar-refractivity contribution in [3.8, 4) is 0 Å². The lowest BCUT2D eigenvalue weighted by Crippen LogP contribution is -2.08. The first kappa shape index (κ1) is 19.4. The number of thioether (sulfide) groups is 1. The van der Waals surface area contributed by atoms with Crippen LogP contribution in [0.1, 0.15) is 67.0 Å². The van der Waals surface area contributed by atoms with Crippen molar-refractivity contribution >= 4 is 34.4 Å². The topological polar surface area (TPSA) is 48.5 Å². The molecule has 5 nitrogen and oxygen atoms in total. The molecule has 0 N–H and O–H groups in total. The van der Waals surface area contributed by atoms with Crippen LogP contribution in [-0.2, 0) is 6.54 Å². The van der Waals surface area contributed by atoms with Gasteiger partial charge < -0.3 is 9.13 Å². The normalized spacial score (nSPS) is 17.4. The summed E-state index contributed by atoms with van der Waals surface area (Å²) in [5.41, 5.74) is 3.30. The first-order chi connectivity index (χ1) is 15.2. The predicted molar refractivity (Wildman–Crippen MR) is 125 cm³/mol. The van der Waals surface area contributed by atoms with Crippen LogP contribution in [0.3, 0.4) is 0 Å². The lowest BCUT2D eigenvalue weighted by atomic mass is 10.2. The molecule has 1 atom stereocenters. The maximum Gasteiger partial charge on any atom is 0.192 e. The highest BCUT2D eigenvalue weighted by atomic mass is 35.5. The quantitative estimate of drug-likeness (QED) is 0.306. The van der Waals surface area contributed by atoms with E-state index in [9.17, 15) is 0 Å². The van der Waals surface area contributed by atoms with Crippen LogP contribution in [0.2, 0.25) is 5.02 Å². The molecule has 0 aliphatic heterocycles. The summed E-state index contributed by atoms with van der Waals surface area (Å²) in [6.45, 7) is 3.00. The van der Waals surface area contributed by atoms with Gasteiger partial charge in [0.1, 0.15) is 11.6 Å². The highest BCUT2D eigenvalue weighted by molar-refractivity contribution is 7.99. The van der Waals surface area contributed by atoms with Crippen LogP contribution < -0.4 is 0 Å². The maximum absolute atomic E-state index is 6.27. The number of benzene rings is 2. The summed E-state index contributed by atoms with van der Waals surface area (Å²) in [7, 11) is 0. The second kappa shape index (κ2) is 7.68. The fraction of sp³-hybridized carbons (Fsp3) is 0.375. The first-order valence-corrected chi connectivity index (χ1v) is 12.2. The smallest absolute Gasteiger partial charge is 0.192 e. The molecule has 2 aliphatic rings. The Morgan fingerprint density at radius 2 is 1.87 bits per heavy atom. The average molecular weight is 450 g/mol. The van der Waals surface area contributed by atoms with Crippen LogP contribution in [0.15, 0.2) is 53.7 Å². The van der Waals surface area contributed by atoms with Gasteiger partial charge in [-0.3, -0.25) is 0 Å². The van der Waals surface area contributed by atoms with Gasteiger partial charge in [-0.15, -0.1) is 10.2 Å². The molecule has 6 rings (SSSR count). The van der Waals surface area contributed by atoms with Gasteiger partial charge in [-0.2, -0.15) is 0 Å². The van der Waals surface area contributed by atoms with Gasteiger partial charge in [0.2, 0.25) is 0 Å². The van der Waals surface area contributed by atoms with Crippen LogP contribution in [0.4, 0.5) is 0 Å². The summed E-state index contributed by atoms with van der Waals surface area (Å²) in [6, 6.07) is 17.1. The Morgan fingerprint density at radius 1 is 1.06 bits per heavy atom. The lowest BCUT2D eigenvalue weighted by molar-refractivity contribution is 0.625. The molecule has 0 radical (unpaired) electrons. The minimum absolute atomic E-state index is 0.142. The average Bonchev–Trinajstić information content (AvgIpc) is 3.71. The molecule has 0 amide bonds. The number of halogens is 1. The van der Waals surface area contributed by atoms with E-state index in [2.05, 4.69) is 62.7 Å². The van der Waals surface area contributed by atoms with Crippen LogP contribution in [-0.4, -0.2) is 24.3 Å². The summed E-state index contributed by atoms with van der Waals surface area (Å²) < 4.78 is 4.73. The van der Waals surface area contributed by atoms with Crippen molar-refractivity contribution in [3.63, 3.8) is 0 Å². The zero-order chi connectivity index (χ0) is 20.9. The SMILES string of the molecule is CC(Sc1nnc(C2CC2)n1C1CC1)c1nc2cc(Cl)ccc2n1Cc1ccccc1. The minimum Gasteiger partial charge on any atom is -0.323 e. The Bertz CT molecular complexity index is 1240. The third-order valence-corrected chi connectivity index (χ3v) is 7.40. The van der Waals surface area contributed by atoms with Gasteiger partial charge in [0, 0.05) is 23.5 Å². The Morgan fingerprint density at radius 3 is 2.61 bits per heavy atom. The predicted octanol–water partition coefficient (Wildman–Crippen LogP) is 6.40. The Balaban J connectivity index is 1.37. The summed E-state index contributed by atoms with van der Waals surface area (Å²) >= 11 is 8.05. The molecule has 1 unspecified atom stereocenters. The highest BCUT2D eigenvalue weighted by Crippen LogP contribution is 2.47. The summed E-state index contributed by atoms with van der Waals surface area (Å²) in [4.78, 5) is 5.01. The number of nitrogens with zero attached hydrogens (tertiary/aromatic N) is 5. The molecule has 0 bridgehead atoms. The molecule has 2 aromatic heterocycles. The van der Waals surface area contributed by atoms with E-state index in [0.29, 0.717) is 17.0 Å². The van der Waals surface area contributed by atoms with Crippen molar-refractivity contribution in [2.75, 3.05) is 0 Å². The van der Waals surface area contributed by atoms with Crippen LogP contribution in [0.25, 0.3) is 11.0 Å². The number of rotatable bonds is 7. The number of aromatic nitrogens is 5. The van der Waals surface area contributed by atoms with E-state index in [0.717, 1.165) is 28.6 Å². The number of fused-ring (bicyclic) bond motifs is 1.